The van der Waals surface area contributed by atoms with E-state index in [1.54, 1.807) is 18.2 Å². The van der Waals surface area contributed by atoms with E-state index in [-0.39, 0.29) is 18.0 Å². The van der Waals surface area contributed by atoms with Gasteiger partial charge in [-0.25, -0.2) is 0 Å². The lowest BCUT2D eigenvalue weighted by Gasteiger charge is -2.06. The van der Waals surface area contributed by atoms with Crippen molar-refractivity contribution in [1.82, 2.24) is 0 Å². The third kappa shape index (κ3) is 1.98. The van der Waals surface area contributed by atoms with Crippen molar-refractivity contribution in [3.8, 4) is 5.75 Å². The first kappa shape index (κ1) is 10.9. The Morgan fingerprint density at radius 1 is 1.31 bits per heavy atom. The highest BCUT2D eigenvalue weighted by Gasteiger charge is 2.28. The third-order valence-corrected chi connectivity index (χ3v) is 2.69. The standard InChI is InChI=1S/C13H14O3/c1-2-3-6-16-10-4-5-11-9(7-10)8-12(14)13(11)15/h4-5,7H,2-3,6,8H2,1H3. The minimum absolute atomic E-state index is 0.221. The van der Waals surface area contributed by atoms with Gasteiger partial charge in [0.15, 0.2) is 0 Å². The van der Waals surface area contributed by atoms with E-state index in [2.05, 4.69) is 6.92 Å². The van der Waals surface area contributed by atoms with Crippen LogP contribution in [0.1, 0.15) is 35.7 Å². The molecule has 1 aliphatic carbocycles. The van der Waals surface area contributed by atoms with E-state index in [9.17, 15) is 9.59 Å². The Kier molecular flexibility index (Phi) is 3.04. The van der Waals surface area contributed by atoms with Gasteiger partial charge in [0.25, 0.3) is 0 Å². The molecule has 0 spiro atoms. The molecule has 0 fully saturated rings. The Morgan fingerprint density at radius 3 is 2.88 bits per heavy atom. The Labute approximate surface area is 94.4 Å². The molecule has 0 radical (unpaired) electrons. The first-order chi connectivity index (χ1) is 7.72. The molecule has 2 rings (SSSR count). The Morgan fingerprint density at radius 2 is 2.12 bits per heavy atom. The molecule has 0 bridgehead atoms. The lowest BCUT2D eigenvalue weighted by Crippen LogP contribution is -2.05. The third-order valence-electron chi connectivity index (χ3n) is 2.69. The van der Waals surface area contributed by atoms with Crippen LogP contribution in [0.15, 0.2) is 18.2 Å². The number of rotatable bonds is 4. The fourth-order valence-electron chi connectivity index (χ4n) is 1.77. The van der Waals surface area contributed by atoms with Gasteiger partial charge < -0.3 is 4.74 Å². The van der Waals surface area contributed by atoms with Crippen molar-refractivity contribution in [2.75, 3.05) is 6.61 Å². The van der Waals surface area contributed by atoms with Gasteiger partial charge in [-0.3, -0.25) is 9.59 Å². The van der Waals surface area contributed by atoms with Gasteiger partial charge in [-0.2, -0.15) is 0 Å². The average Bonchev–Trinajstić information content (AvgIpc) is 2.55. The van der Waals surface area contributed by atoms with E-state index >= 15 is 0 Å². The maximum absolute atomic E-state index is 11.4. The number of ether oxygens (including phenoxy) is 1. The molecule has 84 valence electrons. The van der Waals surface area contributed by atoms with Gasteiger partial charge in [-0.15, -0.1) is 0 Å². The van der Waals surface area contributed by atoms with Crippen LogP contribution < -0.4 is 4.74 Å². The number of carbonyl (C=O) groups is 2. The maximum atomic E-state index is 11.4. The summed E-state index contributed by atoms with van der Waals surface area (Å²) >= 11 is 0. The normalized spacial score (nSPS) is 14.1. The summed E-state index contributed by atoms with van der Waals surface area (Å²) in [5.41, 5.74) is 1.33. The second-order valence-corrected chi connectivity index (χ2v) is 3.95. The van der Waals surface area contributed by atoms with Crippen molar-refractivity contribution in [1.29, 1.82) is 0 Å². The summed E-state index contributed by atoms with van der Waals surface area (Å²) in [5, 5.41) is 0. The fourth-order valence-corrected chi connectivity index (χ4v) is 1.77. The minimum Gasteiger partial charge on any atom is -0.494 e. The van der Waals surface area contributed by atoms with Crippen LogP contribution in [0, 0.1) is 0 Å². The molecule has 1 aromatic rings. The van der Waals surface area contributed by atoms with Crippen LogP contribution in [0.5, 0.6) is 5.75 Å². The number of benzene rings is 1. The van der Waals surface area contributed by atoms with Crippen molar-refractivity contribution in [3.05, 3.63) is 29.3 Å². The van der Waals surface area contributed by atoms with Crippen molar-refractivity contribution >= 4 is 11.6 Å². The lowest BCUT2D eigenvalue weighted by molar-refractivity contribution is -0.114. The largest absolute Gasteiger partial charge is 0.494 e. The van der Waals surface area contributed by atoms with Crippen LogP contribution in [-0.4, -0.2) is 18.2 Å². The van der Waals surface area contributed by atoms with E-state index < -0.39 is 0 Å². The molecule has 0 atom stereocenters. The number of hydrogen-bond donors (Lipinski definition) is 0. The van der Waals surface area contributed by atoms with Gasteiger partial charge in [0.2, 0.25) is 11.6 Å². The highest BCUT2D eigenvalue weighted by Crippen LogP contribution is 2.24. The van der Waals surface area contributed by atoms with Crippen LogP contribution >= 0.6 is 0 Å². The van der Waals surface area contributed by atoms with Crippen molar-refractivity contribution < 1.29 is 14.3 Å². The topological polar surface area (TPSA) is 43.4 Å². The second-order valence-electron chi connectivity index (χ2n) is 3.95. The van der Waals surface area contributed by atoms with Crippen molar-refractivity contribution in [2.24, 2.45) is 0 Å². The van der Waals surface area contributed by atoms with Gasteiger partial charge in [0, 0.05) is 12.0 Å². The van der Waals surface area contributed by atoms with Crippen molar-refractivity contribution in [2.45, 2.75) is 26.2 Å². The lowest BCUT2D eigenvalue weighted by atomic mass is 10.1. The fraction of sp³-hybridized carbons (Fsp3) is 0.385. The van der Waals surface area contributed by atoms with Crippen molar-refractivity contribution in [3.63, 3.8) is 0 Å². The highest BCUT2D eigenvalue weighted by molar-refractivity contribution is 6.47. The van der Waals surface area contributed by atoms with Gasteiger partial charge in [0.05, 0.1) is 6.61 Å². The molecule has 1 aromatic carbocycles. The molecule has 0 saturated carbocycles. The van der Waals surface area contributed by atoms with Gasteiger partial charge in [-0.05, 0) is 30.2 Å². The molecule has 0 unspecified atom stereocenters. The predicted molar refractivity (Wildman–Crippen MR) is 59.9 cm³/mol. The monoisotopic (exact) mass is 218 g/mol. The molecule has 0 aliphatic heterocycles. The molecule has 0 heterocycles. The van der Waals surface area contributed by atoms with Gasteiger partial charge >= 0.3 is 0 Å². The van der Waals surface area contributed by atoms with E-state index in [0.29, 0.717) is 12.2 Å². The molecule has 1 aliphatic rings. The summed E-state index contributed by atoms with van der Waals surface area (Å²) in [6.07, 6.45) is 2.32. The summed E-state index contributed by atoms with van der Waals surface area (Å²) < 4.78 is 5.52. The van der Waals surface area contributed by atoms with E-state index in [1.165, 1.54) is 0 Å². The van der Waals surface area contributed by atoms with E-state index in [0.717, 1.165) is 24.2 Å². The van der Waals surface area contributed by atoms with Crippen LogP contribution in [0.3, 0.4) is 0 Å². The molecule has 3 nitrogen and oxygen atoms in total. The average molecular weight is 218 g/mol. The van der Waals surface area contributed by atoms with E-state index in [1.807, 2.05) is 0 Å². The number of Topliss-reactive ketones (excluding diaryl/α,β-unsaturated/α-hetero) is 2. The summed E-state index contributed by atoms with van der Waals surface area (Å²) in [6.45, 7) is 2.78. The molecule has 0 N–H and O–H groups in total. The minimum atomic E-state index is -0.366. The number of unbranched alkanes of at least 4 members (excludes halogenated alkanes) is 1. The number of fused-ring (bicyclic) bond motifs is 1. The molecule has 0 amide bonds. The van der Waals surface area contributed by atoms with Crippen LogP contribution in [-0.2, 0) is 11.2 Å². The molecular weight excluding hydrogens is 204 g/mol. The number of carbonyl (C=O) groups excluding carboxylic acids is 2. The molecule has 16 heavy (non-hydrogen) atoms. The highest BCUT2D eigenvalue weighted by atomic mass is 16.5. The molecule has 3 heteroatoms. The molecular formula is C13H14O3. The Balaban J connectivity index is 2.12. The molecule has 0 saturated heterocycles. The molecule has 0 aromatic heterocycles. The van der Waals surface area contributed by atoms with Crippen LogP contribution in [0.25, 0.3) is 0 Å². The zero-order valence-electron chi connectivity index (χ0n) is 9.29. The second kappa shape index (κ2) is 4.47. The van der Waals surface area contributed by atoms with Gasteiger partial charge in [-0.1, -0.05) is 13.3 Å². The SMILES string of the molecule is CCCCOc1ccc2c(c1)CC(=O)C2=O. The maximum Gasteiger partial charge on any atom is 0.229 e. The van der Waals surface area contributed by atoms with Gasteiger partial charge in [0.1, 0.15) is 5.75 Å². The van der Waals surface area contributed by atoms with E-state index in [4.69, 9.17) is 4.74 Å². The zero-order valence-corrected chi connectivity index (χ0v) is 9.29. The number of hydrogen-bond acceptors (Lipinski definition) is 3. The van der Waals surface area contributed by atoms with Crippen LogP contribution in [0.2, 0.25) is 0 Å². The summed E-state index contributed by atoms with van der Waals surface area (Å²) in [5.74, 6) is 0.0607. The quantitative estimate of drug-likeness (QED) is 0.574. The summed E-state index contributed by atoms with van der Waals surface area (Å²) in [7, 11) is 0. The van der Waals surface area contributed by atoms with Crippen LogP contribution in [0.4, 0.5) is 0 Å². The Bertz CT molecular complexity index is 435. The summed E-state index contributed by atoms with van der Waals surface area (Å²) in [6, 6.07) is 5.24. The first-order valence-corrected chi connectivity index (χ1v) is 5.55. The smallest absolute Gasteiger partial charge is 0.229 e. The summed E-state index contributed by atoms with van der Waals surface area (Å²) in [4.78, 5) is 22.6. The zero-order chi connectivity index (χ0) is 11.5. The first-order valence-electron chi connectivity index (χ1n) is 5.55. The Hall–Kier alpha value is -1.64. The predicted octanol–water partition coefficient (Wildman–Crippen LogP) is 2.17. The number of ketones is 2.